The van der Waals surface area contributed by atoms with E-state index in [1.165, 1.54) is 32.1 Å². The Bertz CT molecular complexity index is 290. The summed E-state index contributed by atoms with van der Waals surface area (Å²) >= 11 is 0. The first-order valence-electron chi connectivity index (χ1n) is 7.33. The lowest BCUT2D eigenvalue weighted by Gasteiger charge is -2.44. The predicted octanol–water partition coefficient (Wildman–Crippen LogP) is 1.70. The fourth-order valence-corrected chi connectivity index (χ4v) is 3.45. The van der Waals surface area contributed by atoms with Crippen LogP contribution < -0.4 is 5.32 Å². The van der Waals surface area contributed by atoms with Gasteiger partial charge in [-0.2, -0.15) is 0 Å². The number of hydrogen-bond acceptors (Lipinski definition) is 3. The molecule has 2 rings (SSSR count). The fraction of sp³-hybridized carbons (Fsp3) is 0.929. The van der Waals surface area contributed by atoms with Crippen LogP contribution in [0.15, 0.2) is 0 Å². The van der Waals surface area contributed by atoms with Crippen LogP contribution in [0.5, 0.6) is 0 Å². The summed E-state index contributed by atoms with van der Waals surface area (Å²) in [5.41, 5.74) is 0. The van der Waals surface area contributed by atoms with Gasteiger partial charge in [0.2, 0.25) is 0 Å². The van der Waals surface area contributed by atoms with Crippen molar-refractivity contribution >= 4 is 5.97 Å². The Hall–Kier alpha value is -0.610. The minimum Gasteiger partial charge on any atom is -0.481 e. The Morgan fingerprint density at radius 2 is 2.06 bits per heavy atom. The van der Waals surface area contributed by atoms with Gasteiger partial charge in [-0.3, -0.25) is 9.69 Å². The highest BCUT2D eigenvalue weighted by molar-refractivity contribution is 5.70. The molecule has 2 N–H and O–H groups in total. The van der Waals surface area contributed by atoms with E-state index in [4.69, 9.17) is 0 Å². The van der Waals surface area contributed by atoms with Gasteiger partial charge < -0.3 is 10.4 Å². The third kappa shape index (κ3) is 2.86. The second kappa shape index (κ2) is 6.02. The number of nitrogens with zero attached hydrogens (tertiary/aromatic N) is 1. The summed E-state index contributed by atoms with van der Waals surface area (Å²) in [6, 6.07) is 1.25. The second-order valence-corrected chi connectivity index (χ2v) is 5.87. The number of nitrogens with one attached hydrogen (secondary N) is 1. The van der Waals surface area contributed by atoms with Crippen molar-refractivity contribution in [1.82, 2.24) is 10.2 Å². The van der Waals surface area contributed by atoms with Gasteiger partial charge in [0.15, 0.2) is 0 Å². The maximum atomic E-state index is 11.2. The molecule has 4 atom stereocenters. The van der Waals surface area contributed by atoms with Crippen LogP contribution in [0.1, 0.15) is 46.0 Å². The molecule has 4 unspecified atom stereocenters. The van der Waals surface area contributed by atoms with Crippen molar-refractivity contribution < 1.29 is 9.90 Å². The zero-order valence-electron chi connectivity index (χ0n) is 11.6. The molecule has 2 aliphatic rings. The number of likely N-dealkylation sites (tertiary alicyclic amines) is 1. The van der Waals surface area contributed by atoms with Crippen LogP contribution in [0.2, 0.25) is 0 Å². The number of aliphatic carboxylic acids is 1. The molecule has 0 bridgehead atoms. The van der Waals surface area contributed by atoms with Crippen molar-refractivity contribution in [1.29, 1.82) is 0 Å². The second-order valence-electron chi connectivity index (χ2n) is 5.87. The zero-order chi connectivity index (χ0) is 13.1. The fourth-order valence-electron chi connectivity index (χ4n) is 3.45. The average molecular weight is 254 g/mol. The molecular weight excluding hydrogens is 228 g/mol. The van der Waals surface area contributed by atoms with E-state index in [1.54, 1.807) is 0 Å². The standard InChI is InChI=1S/C14H26N2O2/c1-10(14(17)18)11(2)16-9-4-3-7-13(16)12-6-5-8-15-12/h10-13,15H,3-9H2,1-2H3,(H,17,18). The van der Waals surface area contributed by atoms with Crippen molar-refractivity contribution in [3.8, 4) is 0 Å². The topological polar surface area (TPSA) is 52.6 Å². The first-order chi connectivity index (χ1) is 8.61. The molecule has 0 saturated carbocycles. The third-order valence-electron chi connectivity index (χ3n) is 4.79. The summed E-state index contributed by atoms with van der Waals surface area (Å²) in [6.45, 7) is 6.09. The molecule has 0 radical (unpaired) electrons. The summed E-state index contributed by atoms with van der Waals surface area (Å²) in [5, 5.41) is 12.8. The summed E-state index contributed by atoms with van der Waals surface area (Å²) in [7, 11) is 0. The summed E-state index contributed by atoms with van der Waals surface area (Å²) < 4.78 is 0. The molecule has 2 aliphatic heterocycles. The highest BCUT2D eigenvalue weighted by Crippen LogP contribution is 2.28. The molecule has 2 saturated heterocycles. The van der Waals surface area contributed by atoms with Crippen molar-refractivity contribution in [2.45, 2.75) is 64.1 Å². The molecule has 18 heavy (non-hydrogen) atoms. The molecule has 4 nitrogen and oxygen atoms in total. The van der Waals surface area contributed by atoms with Crippen LogP contribution in [-0.4, -0.2) is 47.2 Å². The number of carboxylic acid groups (broad SMARTS) is 1. The number of rotatable bonds is 4. The molecule has 0 aromatic carbocycles. The third-order valence-corrected chi connectivity index (χ3v) is 4.79. The highest BCUT2D eigenvalue weighted by atomic mass is 16.4. The summed E-state index contributed by atoms with van der Waals surface area (Å²) in [4.78, 5) is 13.6. The largest absolute Gasteiger partial charge is 0.481 e. The molecule has 0 aromatic heterocycles. The van der Waals surface area contributed by atoms with E-state index in [-0.39, 0.29) is 12.0 Å². The molecule has 2 heterocycles. The smallest absolute Gasteiger partial charge is 0.307 e. The number of piperidine rings is 1. The van der Waals surface area contributed by atoms with Gasteiger partial charge in [0.1, 0.15) is 0 Å². The van der Waals surface area contributed by atoms with Crippen molar-refractivity contribution in [2.75, 3.05) is 13.1 Å². The summed E-state index contributed by atoms with van der Waals surface area (Å²) in [5.74, 6) is -0.960. The van der Waals surface area contributed by atoms with E-state index in [1.807, 2.05) is 6.92 Å². The first-order valence-corrected chi connectivity index (χ1v) is 7.33. The number of carboxylic acids is 1. The van der Waals surface area contributed by atoms with E-state index >= 15 is 0 Å². The van der Waals surface area contributed by atoms with Gasteiger partial charge >= 0.3 is 5.97 Å². The Labute approximate surface area is 110 Å². The van der Waals surface area contributed by atoms with Crippen LogP contribution in [0, 0.1) is 5.92 Å². The number of hydrogen-bond donors (Lipinski definition) is 2. The zero-order valence-corrected chi connectivity index (χ0v) is 11.6. The molecule has 104 valence electrons. The monoisotopic (exact) mass is 254 g/mol. The molecule has 2 fully saturated rings. The maximum absolute atomic E-state index is 11.2. The van der Waals surface area contributed by atoms with Gasteiger partial charge in [0.05, 0.1) is 5.92 Å². The molecule has 0 aromatic rings. The van der Waals surface area contributed by atoms with Gasteiger partial charge in [0, 0.05) is 18.1 Å². The predicted molar refractivity (Wildman–Crippen MR) is 71.6 cm³/mol. The molecule has 0 amide bonds. The lowest BCUT2D eigenvalue weighted by molar-refractivity contribution is -0.144. The van der Waals surface area contributed by atoms with Crippen molar-refractivity contribution in [3.05, 3.63) is 0 Å². The Kier molecular flexibility index (Phi) is 4.62. The molecule has 4 heteroatoms. The SMILES string of the molecule is CC(C(=O)O)C(C)N1CCCCC1C1CCCN1. The quantitative estimate of drug-likeness (QED) is 0.802. The van der Waals surface area contributed by atoms with Gasteiger partial charge in [-0.15, -0.1) is 0 Å². The van der Waals surface area contributed by atoms with Crippen LogP contribution in [0.25, 0.3) is 0 Å². The van der Waals surface area contributed by atoms with Crippen molar-refractivity contribution in [3.63, 3.8) is 0 Å². The minimum atomic E-state index is -0.675. The van der Waals surface area contributed by atoms with Crippen LogP contribution in [0.4, 0.5) is 0 Å². The van der Waals surface area contributed by atoms with E-state index < -0.39 is 5.97 Å². The van der Waals surface area contributed by atoms with Crippen LogP contribution in [0.3, 0.4) is 0 Å². The maximum Gasteiger partial charge on any atom is 0.307 e. The lowest BCUT2D eigenvalue weighted by atomic mass is 9.90. The summed E-state index contributed by atoms with van der Waals surface area (Å²) in [6.07, 6.45) is 6.22. The minimum absolute atomic E-state index is 0.134. The lowest BCUT2D eigenvalue weighted by Crippen LogP contribution is -2.55. The first kappa shape index (κ1) is 13.8. The molecule has 0 spiro atoms. The van der Waals surface area contributed by atoms with Gasteiger partial charge in [-0.05, 0) is 45.7 Å². The van der Waals surface area contributed by atoms with E-state index in [0.717, 1.165) is 13.1 Å². The molecular formula is C14H26N2O2. The van der Waals surface area contributed by atoms with E-state index in [0.29, 0.717) is 12.1 Å². The Morgan fingerprint density at radius 1 is 1.28 bits per heavy atom. The van der Waals surface area contributed by atoms with E-state index in [2.05, 4.69) is 17.1 Å². The highest BCUT2D eigenvalue weighted by Gasteiger charge is 2.36. The Morgan fingerprint density at radius 3 is 2.67 bits per heavy atom. The van der Waals surface area contributed by atoms with Gasteiger partial charge in [-0.1, -0.05) is 13.3 Å². The van der Waals surface area contributed by atoms with E-state index in [9.17, 15) is 9.90 Å². The normalized spacial score (nSPS) is 33.2. The average Bonchev–Trinajstić information content (AvgIpc) is 2.90. The number of carbonyl (C=O) groups is 1. The van der Waals surface area contributed by atoms with Crippen LogP contribution >= 0.6 is 0 Å². The molecule has 0 aliphatic carbocycles. The van der Waals surface area contributed by atoms with Gasteiger partial charge in [0.25, 0.3) is 0 Å². The Balaban J connectivity index is 2.04. The van der Waals surface area contributed by atoms with Gasteiger partial charge in [-0.25, -0.2) is 0 Å². The van der Waals surface area contributed by atoms with Crippen LogP contribution in [-0.2, 0) is 4.79 Å². The van der Waals surface area contributed by atoms with Crippen molar-refractivity contribution in [2.24, 2.45) is 5.92 Å².